The highest BCUT2D eigenvalue weighted by Crippen LogP contribution is 2.36. The van der Waals surface area contributed by atoms with Gasteiger partial charge in [0, 0.05) is 23.0 Å². The van der Waals surface area contributed by atoms with Gasteiger partial charge in [0.05, 0.1) is 5.52 Å². The third kappa shape index (κ3) is 1.59. The van der Waals surface area contributed by atoms with Crippen LogP contribution in [0, 0.1) is 6.92 Å². The van der Waals surface area contributed by atoms with Gasteiger partial charge in [0.1, 0.15) is 5.82 Å². The molecule has 0 saturated carbocycles. The molecule has 0 spiro atoms. The summed E-state index contributed by atoms with van der Waals surface area (Å²) in [5, 5.41) is 1.30. The summed E-state index contributed by atoms with van der Waals surface area (Å²) in [6.45, 7) is 10.1. The molecule has 3 rings (SSSR count). The van der Waals surface area contributed by atoms with Crippen molar-refractivity contribution in [1.29, 1.82) is 0 Å². The SMILES string of the molecule is Cc1c2c(nc3ccccc13)N(C(C)(C)C)CC2. The van der Waals surface area contributed by atoms with Crippen molar-refractivity contribution in [3.05, 3.63) is 35.4 Å². The van der Waals surface area contributed by atoms with E-state index in [1.807, 2.05) is 0 Å². The van der Waals surface area contributed by atoms with E-state index in [9.17, 15) is 0 Å². The number of fused-ring (bicyclic) bond motifs is 2. The predicted octanol–water partition coefficient (Wildman–Crippen LogP) is 3.70. The van der Waals surface area contributed by atoms with Crippen LogP contribution in [-0.4, -0.2) is 17.1 Å². The molecule has 0 fully saturated rings. The minimum Gasteiger partial charge on any atom is -0.351 e. The van der Waals surface area contributed by atoms with Gasteiger partial charge in [-0.05, 0) is 45.7 Å². The third-order valence-corrected chi connectivity index (χ3v) is 3.91. The number of pyridine rings is 1. The van der Waals surface area contributed by atoms with Crippen molar-refractivity contribution >= 4 is 16.7 Å². The number of hydrogen-bond donors (Lipinski definition) is 0. The van der Waals surface area contributed by atoms with Crippen LogP contribution in [0.15, 0.2) is 24.3 Å². The first-order valence-corrected chi connectivity index (χ1v) is 6.64. The Bertz CT molecular complexity index is 608. The number of aromatic nitrogens is 1. The van der Waals surface area contributed by atoms with Crippen LogP contribution in [0.4, 0.5) is 5.82 Å². The minimum atomic E-state index is 0.146. The fourth-order valence-electron chi connectivity index (χ4n) is 2.91. The maximum atomic E-state index is 4.89. The van der Waals surface area contributed by atoms with Gasteiger partial charge >= 0.3 is 0 Å². The normalized spacial score (nSPS) is 15.2. The van der Waals surface area contributed by atoms with Crippen LogP contribution in [0.1, 0.15) is 31.9 Å². The average molecular weight is 240 g/mol. The fraction of sp³-hybridized carbons (Fsp3) is 0.438. The van der Waals surface area contributed by atoms with Gasteiger partial charge in [0.25, 0.3) is 0 Å². The number of anilines is 1. The molecule has 0 unspecified atom stereocenters. The highest BCUT2D eigenvalue weighted by atomic mass is 15.3. The van der Waals surface area contributed by atoms with E-state index in [2.05, 4.69) is 56.9 Å². The largest absolute Gasteiger partial charge is 0.351 e. The molecular weight excluding hydrogens is 220 g/mol. The molecule has 0 amide bonds. The van der Waals surface area contributed by atoms with E-state index in [0.29, 0.717) is 0 Å². The zero-order valence-electron chi connectivity index (χ0n) is 11.6. The lowest BCUT2D eigenvalue weighted by Gasteiger charge is -2.33. The second-order valence-corrected chi connectivity index (χ2v) is 6.13. The van der Waals surface area contributed by atoms with Gasteiger partial charge in [-0.3, -0.25) is 0 Å². The molecule has 1 aliphatic heterocycles. The Labute approximate surface area is 109 Å². The number of benzene rings is 1. The van der Waals surface area contributed by atoms with Gasteiger partial charge in [-0.2, -0.15) is 0 Å². The fourth-order valence-corrected chi connectivity index (χ4v) is 2.91. The van der Waals surface area contributed by atoms with Crippen molar-refractivity contribution < 1.29 is 0 Å². The molecule has 0 saturated heterocycles. The molecule has 2 heteroatoms. The van der Waals surface area contributed by atoms with Gasteiger partial charge in [-0.25, -0.2) is 4.98 Å². The quantitative estimate of drug-likeness (QED) is 0.698. The van der Waals surface area contributed by atoms with E-state index in [-0.39, 0.29) is 5.54 Å². The van der Waals surface area contributed by atoms with Gasteiger partial charge in [0.15, 0.2) is 0 Å². The lowest BCUT2D eigenvalue weighted by Crippen LogP contribution is -2.40. The van der Waals surface area contributed by atoms with Crippen molar-refractivity contribution in [2.45, 2.75) is 39.7 Å². The zero-order chi connectivity index (χ0) is 12.9. The van der Waals surface area contributed by atoms with Crippen molar-refractivity contribution in [2.24, 2.45) is 0 Å². The molecule has 2 aromatic rings. The molecule has 18 heavy (non-hydrogen) atoms. The van der Waals surface area contributed by atoms with E-state index in [1.165, 1.54) is 22.3 Å². The van der Waals surface area contributed by atoms with Crippen molar-refractivity contribution in [3.63, 3.8) is 0 Å². The van der Waals surface area contributed by atoms with Crippen LogP contribution in [0.3, 0.4) is 0 Å². The zero-order valence-corrected chi connectivity index (χ0v) is 11.6. The molecule has 0 radical (unpaired) electrons. The van der Waals surface area contributed by atoms with Gasteiger partial charge < -0.3 is 4.90 Å². The van der Waals surface area contributed by atoms with Crippen LogP contribution >= 0.6 is 0 Å². The van der Waals surface area contributed by atoms with Crippen LogP contribution in [-0.2, 0) is 6.42 Å². The Morgan fingerprint density at radius 2 is 1.89 bits per heavy atom. The molecule has 1 aromatic heterocycles. The first kappa shape index (κ1) is 11.5. The smallest absolute Gasteiger partial charge is 0.133 e. The summed E-state index contributed by atoms with van der Waals surface area (Å²) in [7, 11) is 0. The van der Waals surface area contributed by atoms with Gasteiger partial charge in [-0.15, -0.1) is 0 Å². The Morgan fingerprint density at radius 1 is 1.17 bits per heavy atom. The maximum absolute atomic E-state index is 4.89. The van der Waals surface area contributed by atoms with E-state index < -0.39 is 0 Å². The van der Waals surface area contributed by atoms with E-state index in [0.717, 1.165) is 18.5 Å². The Hall–Kier alpha value is -1.57. The standard InChI is InChI=1S/C16H20N2/c1-11-12-7-5-6-8-14(12)17-15-13(11)9-10-18(15)16(2,3)4/h5-8H,9-10H2,1-4H3. The molecule has 2 nitrogen and oxygen atoms in total. The second kappa shape index (κ2) is 3.71. The van der Waals surface area contributed by atoms with E-state index in [1.54, 1.807) is 0 Å². The van der Waals surface area contributed by atoms with Crippen LogP contribution in [0.5, 0.6) is 0 Å². The summed E-state index contributed by atoms with van der Waals surface area (Å²) in [4.78, 5) is 7.32. The molecule has 0 atom stereocenters. The monoisotopic (exact) mass is 240 g/mol. The lowest BCUT2D eigenvalue weighted by molar-refractivity contribution is 0.514. The summed E-state index contributed by atoms with van der Waals surface area (Å²) < 4.78 is 0. The summed E-state index contributed by atoms with van der Waals surface area (Å²) in [5.74, 6) is 1.19. The van der Waals surface area contributed by atoms with Crippen molar-refractivity contribution in [1.82, 2.24) is 4.98 Å². The Kier molecular flexibility index (Phi) is 2.37. The van der Waals surface area contributed by atoms with Crippen molar-refractivity contribution in [3.8, 4) is 0 Å². The first-order valence-electron chi connectivity index (χ1n) is 6.64. The third-order valence-electron chi connectivity index (χ3n) is 3.91. The molecule has 2 heterocycles. The van der Waals surface area contributed by atoms with Crippen LogP contribution < -0.4 is 4.90 Å². The number of para-hydroxylation sites is 1. The maximum Gasteiger partial charge on any atom is 0.133 e. The lowest BCUT2D eigenvalue weighted by atomic mass is 10.0. The number of hydrogen-bond acceptors (Lipinski definition) is 2. The van der Waals surface area contributed by atoms with Gasteiger partial charge in [-0.1, -0.05) is 18.2 Å². The van der Waals surface area contributed by atoms with Crippen LogP contribution in [0.2, 0.25) is 0 Å². The van der Waals surface area contributed by atoms with Crippen molar-refractivity contribution in [2.75, 3.05) is 11.4 Å². The predicted molar refractivity (Wildman–Crippen MR) is 77.3 cm³/mol. The number of aryl methyl sites for hydroxylation is 1. The Morgan fingerprint density at radius 3 is 2.61 bits per heavy atom. The molecular formula is C16H20N2. The van der Waals surface area contributed by atoms with Crippen LogP contribution in [0.25, 0.3) is 10.9 Å². The summed E-state index contributed by atoms with van der Waals surface area (Å²) >= 11 is 0. The first-order chi connectivity index (χ1) is 8.48. The highest BCUT2D eigenvalue weighted by Gasteiger charge is 2.31. The summed E-state index contributed by atoms with van der Waals surface area (Å²) in [6.07, 6.45) is 1.12. The molecule has 0 aliphatic carbocycles. The second-order valence-electron chi connectivity index (χ2n) is 6.13. The number of nitrogens with zero attached hydrogens (tertiary/aromatic N) is 2. The average Bonchev–Trinajstić information content (AvgIpc) is 2.73. The Balaban J connectivity index is 2.26. The highest BCUT2D eigenvalue weighted by molar-refractivity contribution is 5.86. The molecule has 94 valence electrons. The topological polar surface area (TPSA) is 16.1 Å². The molecule has 1 aliphatic rings. The van der Waals surface area contributed by atoms with E-state index in [4.69, 9.17) is 4.98 Å². The number of rotatable bonds is 0. The molecule has 0 N–H and O–H groups in total. The summed E-state index contributed by atoms with van der Waals surface area (Å²) in [6, 6.07) is 8.46. The summed E-state index contributed by atoms with van der Waals surface area (Å²) in [5.41, 5.74) is 4.10. The molecule has 1 aromatic carbocycles. The van der Waals surface area contributed by atoms with Gasteiger partial charge in [0.2, 0.25) is 0 Å². The minimum absolute atomic E-state index is 0.146. The van der Waals surface area contributed by atoms with E-state index >= 15 is 0 Å². The molecule has 0 bridgehead atoms.